The summed E-state index contributed by atoms with van der Waals surface area (Å²) >= 11 is 0. The first-order chi connectivity index (χ1) is 7.00. The zero-order valence-corrected chi connectivity index (χ0v) is 8.66. The standard InChI is InChI=1S/C10H14N2O3/c1-7(8(2)13)11-12(15)9-3-5-10(14)6-4-9/h3-8,13-14H,1-2H3. The Balaban J connectivity index is 2.84. The molecule has 2 unspecified atom stereocenters. The van der Waals surface area contributed by atoms with Crippen molar-refractivity contribution in [2.45, 2.75) is 26.0 Å². The molecule has 0 saturated carbocycles. The van der Waals surface area contributed by atoms with Gasteiger partial charge in [-0.25, -0.2) is 0 Å². The molecule has 0 amide bonds. The van der Waals surface area contributed by atoms with E-state index in [-0.39, 0.29) is 5.75 Å². The number of hydrogen-bond donors (Lipinski definition) is 2. The molecule has 1 rings (SSSR count). The Morgan fingerprint density at radius 1 is 1.27 bits per heavy atom. The molecule has 1 aromatic rings. The summed E-state index contributed by atoms with van der Waals surface area (Å²) in [6.45, 7) is 3.22. The van der Waals surface area contributed by atoms with Crippen LogP contribution in [0.15, 0.2) is 29.4 Å². The van der Waals surface area contributed by atoms with Crippen molar-refractivity contribution < 1.29 is 15.1 Å². The van der Waals surface area contributed by atoms with Crippen molar-refractivity contribution in [2.75, 3.05) is 0 Å². The average molecular weight is 210 g/mol. The number of nitrogens with zero attached hydrogens (tertiary/aromatic N) is 2. The van der Waals surface area contributed by atoms with Crippen LogP contribution in [0.2, 0.25) is 0 Å². The van der Waals surface area contributed by atoms with Crippen LogP contribution in [0.25, 0.3) is 0 Å². The number of phenols is 1. The molecule has 0 aliphatic carbocycles. The van der Waals surface area contributed by atoms with Crippen LogP contribution in [-0.2, 0) is 0 Å². The van der Waals surface area contributed by atoms with Gasteiger partial charge < -0.3 is 15.4 Å². The highest BCUT2D eigenvalue weighted by Crippen LogP contribution is 2.17. The first kappa shape index (κ1) is 11.5. The summed E-state index contributed by atoms with van der Waals surface area (Å²) in [7, 11) is 0. The third kappa shape index (κ3) is 3.21. The van der Waals surface area contributed by atoms with Crippen molar-refractivity contribution in [1.82, 2.24) is 0 Å². The molecular formula is C10H14N2O3. The predicted octanol–water partition coefficient (Wildman–Crippen LogP) is 1.76. The molecule has 0 aromatic heterocycles. The summed E-state index contributed by atoms with van der Waals surface area (Å²) in [5.41, 5.74) is 0.320. The molecular weight excluding hydrogens is 196 g/mol. The van der Waals surface area contributed by atoms with Crippen LogP contribution in [-0.4, -0.2) is 27.2 Å². The number of azo groups is 1. The van der Waals surface area contributed by atoms with Gasteiger partial charge in [-0.3, -0.25) is 0 Å². The average Bonchev–Trinajstić information content (AvgIpc) is 2.18. The number of aliphatic hydroxyl groups excluding tert-OH is 1. The Labute approximate surface area is 87.9 Å². The lowest BCUT2D eigenvalue weighted by Gasteiger charge is -2.07. The molecule has 1 aromatic carbocycles. The van der Waals surface area contributed by atoms with E-state index >= 15 is 0 Å². The van der Waals surface area contributed by atoms with Gasteiger partial charge in [-0.2, -0.15) is 0 Å². The lowest BCUT2D eigenvalue weighted by molar-refractivity contribution is -0.447. The lowest BCUT2D eigenvalue weighted by Crippen LogP contribution is -2.18. The van der Waals surface area contributed by atoms with E-state index in [9.17, 15) is 5.21 Å². The summed E-state index contributed by atoms with van der Waals surface area (Å²) < 4.78 is 0. The van der Waals surface area contributed by atoms with Gasteiger partial charge in [0.05, 0.1) is 6.10 Å². The van der Waals surface area contributed by atoms with Gasteiger partial charge in [0.2, 0.25) is 5.69 Å². The quantitative estimate of drug-likeness (QED) is 0.453. The summed E-state index contributed by atoms with van der Waals surface area (Å²) in [6.07, 6.45) is -0.668. The summed E-state index contributed by atoms with van der Waals surface area (Å²) in [5.74, 6) is 0.0933. The van der Waals surface area contributed by atoms with Crippen molar-refractivity contribution >= 4 is 5.69 Å². The highest BCUT2D eigenvalue weighted by Gasteiger charge is 2.12. The van der Waals surface area contributed by atoms with Crippen LogP contribution < -0.4 is 0 Å². The van der Waals surface area contributed by atoms with E-state index in [0.717, 1.165) is 0 Å². The van der Waals surface area contributed by atoms with Gasteiger partial charge in [-0.05, 0) is 31.1 Å². The number of aromatic hydroxyl groups is 1. The van der Waals surface area contributed by atoms with E-state index in [1.807, 2.05) is 0 Å². The SMILES string of the molecule is CC(O)C(C)N=[N+]([O-])c1ccc(O)cc1. The first-order valence-corrected chi connectivity index (χ1v) is 4.66. The normalized spacial score (nSPS) is 16.1. The molecule has 0 radical (unpaired) electrons. The smallest absolute Gasteiger partial charge is 0.244 e. The number of hydrogen-bond acceptors (Lipinski definition) is 4. The molecule has 15 heavy (non-hydrogen) atoms. The van der Waals surface area contributed by atoms with Gasteiger partial charge in [0.15, 0.2) is 0 Å². The molecule has 2 N–H and O–H groups in total. The van der Waals surface area contributed by atoms with Crippen LogP contribution in [0.5, 0.6) is 5.75 Å². The molecule has 0 bridgehead atoms. The minimum absolute atomic E-state index is 0.0933. The summed E-state index contributed by atoms with van der Waals surface area (Å²) in [4.78, 5) is 0.441. The second-order valence-corrected chi connectivity index (χ2v) is 3.39. The Hall–Kier alpha value is -1.62. The minimum Gasteiger partial charge on any atom is -0.594 e. The van der Waals surface area contributed by atoms with Gasteiger partial charge >= 0.3 is 0 Å². The highest BCUT2D eigenvalue weighted by atomic mass is 16.5. The molecule has 0 spiro atoms. The fourth-order valence-electron chi connectivity index (χ4n) is 0.909. The molecule has 0 aliphatic rings. The van der Waals surface area contributed by atoms with E-state index in [1.54, 1.807) is 13.8 Å². The third-order valence-corrected chi connectivity index (χ3v) is 2.06. The molecule has 5 nitrogen and oxygen atoms in total. The maximum atomic E-state index is 11.4. The third-order valence-electron chi connectivity index (χ3n) is 2.06. The number of aliphatic hydroxyl groups is 1. The second-order valence-electron chi connectivity index (χ2n) is 3.39. The monoisotopic (exact) mass is 210 g/mol. The number of rotatable bonds is 3. The van der Waals surface area contributed by atoms with Gasteiger partial charge in [0, 0.05) is 12.1 Å². The maximum absolute atomic E-state index is 11.4. The Morgan fingerprint density at radius 3 is 2.27 bits per heavy atom. The highest BCUT2D eigenvalue weighted by molar-refractivity contribution is 5.34. The fraction of sp³-hybridized carbons (Fsp3) is 0.400. The van der Waals surface area contributed by atoms with Crippen molar-refractivity contribution in [3.63, 3.8) is 0 Å². The largest absolute Gasteiger partial charge is 0.594 e. The van der Waals surface area contributed by atoms with Crippen molar-refractivity contribution in [2.24, 2.45) is 5.11 Å². The van der Waals surface area contributed by atoms with E-state index in [2.05, 4.69) is 5.11 Å². The Kier molecular flexibility index (Phi) is 3.62. The number of benzene rings is 1. The summed E-state index contributed by atoms with van der Waals surface area (Å²) in [5, 5.41) is 33.3. The molecule has 0 aliphatic heterocycles. The molecule has 0 fully saturated rings. The van der Waals surface area contributed by atoms with Crippen LogP contribution in [0.4, 0.5) is 5.69 Å². The van der Waals surface area contributed by atoms with Crippen molar-refractivity contribution in [3.8, 4) is 5.75 Å². The van der Waals surface area contributed by atoms with Gasteiger partial charge in [0.1, 0.15) is 11.8 Å². The van der Waals surface area contributed by atoms with E-state index < -0.39 is 12.1 Å². The van der Waals surface area contributed by atoms with Crippen LogP contribution >= 0.6 is 0 Å². The lowest BCUT2D eigenvalue weighted by atomic mass is 10.2. The van der Waals surface area contributed by atoms with E-state index in [1.165, 1.54) is 24.3 Å². The van der Waals surface area contributed by atoms with E-state index in [4.69, 9.17) is 10.2 Å². The van der Waals surface area contributed by atoms with Crippen LogP contribution in [0, 0.1) is 5.21 Å². The first-order valence-electron chi connectivity index (χ1n) is 4.66. The van der Waals surface area contributed by atoms with Crippen molar-refractivity contribution in [3.05, 3.63) is 29.5 Å². The molecule has 82 valence electrons. The fourth-order valence-corrected chi connectivity index (χ4v) is 0.909. The van der Waals surface area contributed by atoms with Crippen molar-refractivity contribution in [1.29, 1.82) is 0 Å². The Bertz CT molecular complexity index is 346. The van der Waals surface area contributed by atoms with Crippen LogP contribution in [0.1, 0.15) is 13.8 Å². The Morgan fingerprint density at radius 2 is 1.80 bits per heavy atom. The van der Waals surface area contributed by atoms with Gasteiger partial charge in [0.25, 0.3) is 0 Å². The second kappa shape index (κ2) is 4.75. The number of phenolic OH excluding ortho intramolecular Hbond substituents is 1. The molecule has 0 saturated heterocycles. The minimum atomic E-state index is -0.668. The topological polar surface area (TPSA) is 78.9 Å². The molecule has 5 heteroatoms. The predicted molar refractivity (Wildman–Crippen MR) is 55.0 cm³/mol. The molecule has 0 heterocycles. The molecule has 2 atom stereocenters. The van der Waals surface area contributed by atoms with Crippen LogP contribution in [0.3, 0.4) is 0 Å². The van der Waals surface area contributed by atoms with Gasteiger partial charge in [-0.1, -0.05) is 4.86 Å². The van der Waals surface area contributed by atoms with Gasteiger partial charge in [-0.15, -0.1) is 0 Å². The zero-order valence-electron chi connectivity index (χ0n) is 8.66. The van der Waals surface area contributed by atoms with E-state index in [0.29, 0.717) is 10.5 Å². The summed E-state index contributed by atoms with van der Waals surface area (Å²) in [6, 6.07) is 5.27. The maximum Gasteiger partial charge on any atom is 0.244 e. The zero-order chi connectivity index (χ0) is 11.4.